The number of amides is 1. The first-order chi connectivity index (χ1) is 14.5. The number of benzene rings is 1. The molecule has 0 spiro atoms. The number of aromatic nitrogens is 2. The summed E-state index contributed by atoms with van der Waals surface area (Å²) in [5, 5.41) is 4.65. The monoisotopic (exact) mass is 409 g/mol. The second kappa shape index (κ2) is 9.31. The Morgan fingerprint density at radius 2 is 1.67 bits per heavy atom. The highest BCUT2D eigenvalue weighted by atomic mass is 16.2. The van der Waals surface area contributed by atoms with E-state index >= 15 is 0 Å². The molecule has 2 saturated heterocycles. The van der Waals surface area contributed by atoms with E-state index in [1.54, 1.807) is 0 Å². The van der Waals surface area contributed by atoms with Crippen molar-refractivity contribution in [2.45, 2.75) is 38.6 Å². The van der Waals surface area contributed by atoms with Gasteiger partial charge >= 0.3 is 0 Å². The smallest absolute Gasteiger partial charge is 0.222 e. The van der Waals surface area contributed by atoms with Crippen LogP contribution in [0.4, 0.5) is 0 Å². The van der Waals surface area contributed by atoms with Crippen molar-refractivity contribution in [1.82, 2.24) is 24.5 Å². The van der Waals surface area contributed by atoms with Gasteiger partial charge in [-0.3, -0.25) is 14.4 Å². The van der Waals surface area contributed by atoms with E-state index in [1.807, 2.05) is 11.7 Å². The first kappa shape index (κ1) is 21.1. The summed E-state index contributed by atoms with van der Waals surface area (Å²) in [7, 11) is 4.16. The molecule has 0 bridgehead atoms. The first-order valence-corrected chi connectivity index (χ1v) is 11.3. The summed E-state index contributed by atoms with van der Waals surface area (Å²) < 4.78 is 1.86. The predicted molar refractivity (Wildman–Crippen MR) is 120 cm³/mol. The third kappa shape index (κ3) is 4.93. The zero-order chi connectivity index (χ0) is 21.1. The lowest BCUT2D eigenvalue weighted by molar-refractivity contribution is -0.133. The molecule has 2 fully saturated rings. The van der Waals surface area contributed by atoms with Crippen LogP contribution in [0.1, 0.15) is 30.4 Å². The number of piperazine rings is 1. The molecule has 2 aromatic rings. The normalized spacial score (nSPS) is 19.4. The van der Waals surface area contributed by atoms with Crippen LogP contribution in [-0.2, 0) is 18.3 Å². The quantitative estimate of drug-likeness (QED) is 0.761. The average Bonchev–Trinajstić information content (AvgIpc) is 3.14. The van der Waals surface area contributed by atoms with Crippen LogP contribution in [0.3, 0.4) is 0 Å². The highest BCUT2D eigenvalue weighted by molar-refractivity contribution is 5.77. The molecule has 6 nitrogen and oxygen atoms in total. The SMILES string of the molecule is Cc1ccc(-c2nn(C)cc2CCC(=O)N2CCN(C3CCN(C)CC3)CC2)cc1. The maximum absolute atomic E-state index is 12.9. The number of likely N-dealkylation sites (tertiary alicyclic amines) is 1. The fourth-order valence-corrected chi connectivity index (χ4v) is 4.77. The highest BCUT2D eigenvalue weighted by Crippen LogP contribution is 2.24. The van der Waals surface area contributed by atoms with Crippen LogP contribution in [0.25, 0.3) is 11.3 Å². The summed E-state index contributed by atoms with van der Waals surface area (Å²) in [6.45, 7) is 8.24. The van der Waals surface area contributed by atoms with Crippen molar-refractivity contribution >= 4 is 5.91 Å². The summed E-state index contributed by atoms with van der Waals surface area (Å²) in [6, 6.07) is 9.16. The van der Waals surface area contributed by atoms with E-state index in [2.05, 4.69) is 64.2 Å². The van der Waals surface area contributed by atoms with E-state index in [0.717, 1.165) is 49.4 Å². The largest absolute Gasteiger partial charge is 0.340 e. The maximum Gasteiger partial charge on any atom is 0.222 e. The Labute approximate surface area is 180 Å². The molecule has 2 aliphatic heterocycles. The highest BCUT2D eigenvalue weighted by Gasteiger charge is 2.28. The third-order valence-corrected chi connectivity index (χ3v) is 6.71. The third-order valence-electron chi connectivity index (χ3n) is 6.71. The number of hydrogen-bond donors (Lipinski definition) is 0. The van der Waals surface area contributed by atoms with Gasteiger partial charge in [-0.1, -0.05) is 29.8 Å². The van der Waals surface area contributed by atoms with Crippen molar-refractivity contribution in [3.8, 4) is 11.3 Å². The van der Waals surface area contributed by atoms with E-state index < -0.39 is 0 Å². The van der Waals surface area contributed by atoms with E-state index in [0.29, 0.717) is 12.5 Å². The molecule has 1 aromatic heterocycles. The summed E-state index contributed by atoms with van der Waals surface area (Å²) >= 11 is 0. The number of hydrogen-bond acceptors (Lipinski definition) is 4. The molecule has 0 unspecified atom stereocenters. The van der Waals surface area contributed by atoms with Crippen LogP contribution in [0.15, 0.2) is 30.5 Å². The van der Waals surface area contributed by atoms with E-state index in [9.17, 15) is 4.79 Å². The van der Waals surface area contributed by atoms with E-state index in [4.69, 9.17) is 0 Å². The van der Waals surface area contributed by atoms with Gasteiger partial charge in [-0.15, -0.1) is 0 Å². The molecule has 6 heteroatoms. The van der Waals surface area contributed by atoms with Crippen LogP contribution in [0, 0.1) is 6.92 Å². The molecule has 4 rings (SSSR count). The Hall–Kier alpha value is -2.18. The minimum Gasteiger partial charge on any atom is -0.340 e. The Balaban J connectivity index is 1.30. The number of carbonyl (C=O) groups excluding carboxylic acids is 1. The van der Waals surface area contributed by atoms with Crippen LogP contribution in [0.2, 0.25) is 0 Å². The van der Waals surface area contributed by atoms with Crippen LogP contribution in [0.5, 0.6) is 0 Å². The van der Waals surface area contributed by atoms with Crippen molar-refractivity contribution in [1.29, 1.82) is 0 Å². The molecule has 1 amide bonds. The van der Waals surface area contributed by atoms with E-state index in [-0.39, 0.29) is 5.91 Å². The second-order valence-electron chi connectivity index (χ2n) is 8.99. The molecule has 0 radical (unpaired) electrons. The molecule has 0 N–H and O–H groups in total. The van der Waals surface area contributed by atoms with Gasteiger partial charge in [0, 0.05) is 57.4 Å². The molecule has 30 heavy (non-hydrogen) atoms. The molecular weight excluding hydrogens is 374 g/mol. The summed E-state index contributed by atoms with van der Waals surface area (Å²) in [4.78, 5) is 20.0. The molecule has 162 valence electrons. The van der Waals surface area contributed by atoms with Crippen molar-refractivity contribution < 1.29 is 4.79 Å². The van der Waals surface area contributed by atoms with E-state index in [1.165, 1.54) is 31.5 Å². The molecule has 0 aliphatic carbocycles. The molecular formula is C24H35N5O. The van der Waals surface area contributed by atoms with Gasteiger partial charge in [-0.2, -0.15) is 5.10 Å². The van der Waals surface area contributed by atoms with Crippen molar-refractivity contribution in [3.63, 3.8) is 0 Å². The lowest BCUT2D eigenvalue weighted by Crippen LogP contribution is -2.54. The summed E-state index contributed by atoms with van der Waals surface area (Å²) in [5.74, 6) is 0.275. The van der Waals surface area contributed by atoms with Gasteiger partial charge in [-0.25, -0.2) is 0 Å². The van der Waals surface area contributed by atoms with Crippen molar-refractivity contribution in [2.24, 2.45) is 7.05 Å². The zero-order valence-electron chi connectivity index (χ0n) is 18.7. The van der Waals surface area contributed by atoms with Gasteiger partial charge in [0.2, 0.25) is 5.91 Å². The Morgan fingerprint density at radius 3 is 2.33 bits per heavy atom. The van der Waals surface area contributed by atoms with Gasteiger partial charge in [0.15, 0.2) is 0 Å². The van der Waals surface area contributed by atoms with Gasteiger partial charge in [0.1, 0.15) is 0 Å². The van der Waals surface area contributed by atoms with Gasteiger partial charge in [0.05, 0.1) is 5.69 Å². The molecule has 0 saturated carbocycles. The maximum atomic E-state index is 12.9. The van der Waals surface area contributed by atoms with Gasteiger partial charge in [0.25, 0.3) is 0 Å². The lowest BCUT2D eigenvalue weighted by atomic mass is 10.0. The van der Waals surface area contributed by atoms with Crippen molar-refractivity contribution in [2.75, 3.05) is 46.3 Å². The van der Waals surface area contributed by atoms with Gasteiger partial charge < -0.3 is 9.80 Å². The minimum absolute atomic E-state index is 0.275. The molecule has 2 aliphatic rings. The number of piperidine rings is 1. The second-order valence-corrected chi connectivity index (χ2v) is 8.99. The molecule has 3 heterocycles. The summed E-state index contributed by atoms with van der Waals surface area (Å²) in [5.41, 5.74) is 4.51. The number of nitrogens with zero attached hydrogens (tertiary/aromatic N) is 5. The van der Waals surface area contributed by atoms with Crippen LogP contribution in [-0.4, -0.2) is 82.7 Å². The van der Waals surface area contributed by atoms with Crippen LogP contribution < -0.4 is 0 Å². The Morgan fingerprint density at radius 1 is 1.00 bits per heavy atom. The fourth-order valence-electron chi connectivity index (χ4n) is 4.77. The molecule has 0 atom stereocenters. The molecule has 1 aromatic carbocycles. The van der Waals surface area contributed by atoms with Gasteiger partial charge in [-0.05, 0) is 51.9 Å². The number of rotatable bonds is 5. The zero-order valence-corrected chi connectivity index (χ0v) is 18.7. The Bertz CT molecular complexity index is 843. The van der Waals surface area contributed by atoms with Crippen LogP contribution >= 0.6 is 0 Å². The lowest BCUT2D eigenvalue weighted by Gasteiger charge is -2.42. The average molecular weight is 410 g/mol. The predicted octanol–water partition coefficient (Wildman–Crippen LogP) is 2.57. The number of aryl methyl sites for hydroxylation is 3. The summed E-state index contributed by atoms with van der Waals surface area (Å²) in [6.07, 6.45) is 5.87. The van der Waals surface area contributed by atoms with Crippen molar-refractivity contribution in [3.05, 3.63) is 41.6 Å². The standard InChI is InChI=1S/C24H35N5O/c1-19-4-6-20(7-5-19)24-21(18-27(3)25-24)8-9-23(30)29-16-14-28(15-17-29)22-10-12-26(2)13-11-22/h4-7,18,22H,8-17H2,1-3H3. The first-order valence-electron chi connectivity index (χ1n) is 11.3. The number of carbonyl (C=O) groups is 1. The fraction of sp³-hybridized carbons (Fsp3) is 0.583. The topological polar surface area (TPSA) is 44.6 Å². The minimum atomic E-state index is 0.275. The Kier molecular flexibility index (Phi) is 6.54.